The monoisotopic (exact) mass is 454 g/mol. The van der Waals surface area contributed by atoms with Crippen LogP contribution in [-0.4, -0.2) is 44.9 Å². The fourth-order valence-corrected chi connectivity index (χ4v) is 4.72. The van der Waals surface area contributed by atoms with E-state index in [2.05, 4.69) is 5.32 Å². The molecule has 1 fully saturated rings. The Morgan fingerprint density at radius 2 is 1.84 bits per heavy atom. The van der Waals surface area contributed by atoms with E-state index in [1.807, 2.05) is 0 Å². The first-order chi connectivity index (χ1) is 14.6. The van der Waals surface area contributed by atoms with Gasteiger partial charge in [-0.15, -0.1) is 0 Å². The molecule has 0 unspecified atom stereocenters. The summed E-state index contributed by atoms with van der Waals surface area (Å²) in [6, 6.07) is 9.09. The number of sulfonamides is 1. The van der Waals surface area contributed by atoms with E-state index in [4.69, 9.17) is 4.74 Å². The third-order valence-corrected chi connectivity index (χ3v) is 6.73. The molecule has 1 amide bonds. The van der Waals surface area contributed by atoms with Gasteiger partial charge in [0.1, 0.15) is 0 Å². The number of halogens is 3. The molecule has 10 heteroatoms. The standard InChI is InChI=1S/C21H21F3N2O4S/c1-15-5-7-18(14-19(15)31(28,29)26-9-11-30-12-10-26)25-20(27)8-6-16-3-2-4-17(13-16)21(22,23)24/h2-8,13-14H,9-12H2,1H3,(H,25,27)/b8-6+. The zero-order chi connectivity index (χ0) is 22.6. The molecule has 1 heterocycles. The average Bonchev–Trinajstić information content (AvgIpc) is 2.74. The highest BCUT2D eigenvalue weighted by atomic mass is 32.2. The van der Waals surface area contributed by atoms with Gasteiger partial charge >= 0.3 is 6.18 Å². The van der Waals surface area contributed by atoms with Crippen LogP contribution in [-0.2, 0) is 25.7 Å². The van der Waals surface area contributed by atoms with Gasteiger partial charge in [-0.3, -0.25) is 4.79 Å². The number of alkyl halides is 3. The van der Waals surface area contributed by atoms with Gasteiger partial charge in [-0.05, 0) is 48.4 Å². The second kappa shape index (κ2) is 9.21. The van der Waals surface area contributed by atoms with Crippen molar-refractivity contribution >= 4 is 27.7 Å². The van der Waals surface area contributed by atoms with Crippen molar-refractivity contribution in [3.05, 3.63) is 65.2 Å². The number of amides is 1. The average molecular weight is 454 g/mol. The molecule has 0 atom stereocenters. The van der Waals surface area contributed by atoms with Crippen LogP contribution >= 0.6 is 0 Å². The van der Waals surface area contributed by atoms with Crippen LogP contribution in [0.15, 0.2) is 53.4 Å². The number of carbonyl (C=O) groups excluding carboxylic acids is 1. The van der Waals surface area contributed by atoms with Gasteiger partial charge in [-0.25, -0.2) is 8.42 Å². The van der Waals surface area contributed by atoms with Crippen LogP contribution in [0.4, 0.5) is 18.9 Å². The van der Waals surface area contributed by atoms with E-state index in [0.29, 0.717) is 18.8 Å². The van der Waals surface area contributed by atoms with Crippen molar-refractivity contribution in [1.82, 2.24) is 4.31 Å². The Morgan fingerprint density at radius 1 is 1.13 bits per heavy atom. The molecule has 1 aliphatic heterocycles. The first kappa shape index (κ1) is 23.0. The number of ether oxygens (including phenoxy) is 1. The Balaban J connectivity index is 1.75. The zero-order valence-corrected chi connectivity index (χ0v) is 17.5. The van der Waals surface area contributed by atoms with Crippen LogP contribution in [0.25, 0.3) is 6.08 Å². The molecule has 1 N–H and O–H groups in total. The summed E-state index contributed by atoms with van der Waals surface area (Å²) in [5.74, 6) is -0.601. The van der Waals surface area contributed by atoms with Crippen molar-refractivity contribution < 1.29 is 31.1 Å². The summed E-state index contributed by atoms with van der Waals surface area (Å²) in [4.78, 5) is 12.3. The number of aryl methyl sites for hydroxylation is 1. The molecule has 0 saturated carbocycles. The molecular weight excluding hydrogens is 433 g/mol. The van der Waals surface area contributed by atoms with Gasteiger partial charge in [0.2, 0.25) is 15.9 Å². The molecule has 0 aliphatic carbocycles. The zero-order valence-electron chi connectivity index (χ0n) is 16.6. The Bertz CT molecular complexity index is 1090. The lowest BCUT2D eigenvalue weighted by atomic mass is 10.1. The summed E-state index contributed by atoms with van der Waals surface area (Å²) >= 11 is 0. The topological polar surface area (TPSA) is 75.7 Å². The first-order valence-electron chi connectivity index (χ1n) is 9.42. The molecule has 166 valence electrons. The SMILES string of the molecule is Cc1ccc(NC(=O)/C=C/c2cccc(C(F)(F)F)c2)cc1S(=O)(=O)N1CCOCC1. The van der Waals surface area contributed by atoms with Gasteiger partial charge in [0.25, 0.3) is 0 Å². The second-order valence-electron chi connectivity index (χ2n) is 6.94. The molecular formula is C21H21F3N2O4S. The number of hydrogen-bond donors (Lipinski definition) is 1. The maximum Gasteiger partial charge on any atom is 0.416 e. The molecule has 6 nitrogen and oxygen atoms in total. The van der Waals surface area contributed by atoms with Gasteiger partial charge in [0, 0.05) is 24.9 Å². The molecule has 2 aromatic rings. The lowest BCUT2D eigenvalue weighted by Crippen LogP contribution is -2.40. The quantitative estimate of drug-likeness (QED) is 0.700. The molecule has 31 heavy (non-hydrogen) atoms. The summed E-state index contributed by atoms with van der Waals surface area (Å²) in [5, 5.41) is 2.54. The lowest BCUT2D eigenvalue weighted by molar-refractivity contribution is -0.137. The molecule has 0 bridgehead atoms. The van der Waals surface area contributed by atoms with E-state index in [-0.39, 0.29) is 29.2 Å². The highest BCUT2D eigenvalue weighted by molar-refractivity contribution is 7.89. The van der Waals surface area contributed by atoms with E-state index in [1.54, 1.807) is 19.1 Å². The lowest BCUT2D eigenvalue weighted by Gasteiger charge is -2.26. The number of nitrogens with zero attached hydrogens (tertiary/aromatic N) is 1. The Morgan fingerprint density at radius 3 is 2.52 bits per heavy atom. The first-order valence-corrected chi connectivity index (χ1v) is 10.9. The number of benzene rings is 2. The summed E-state index contributed by atoms with van der Waals surface area (Å²) in [6.07, 6.45) is -2.13. The minimum atomic E-state index is -4.48. The molecule has 0 spiro atoms. The van der Waals surface area contributed by atoms with Crippen LogP contribution in [0.3, 0.4) is 0 Å². The fraction of sp³-hybridized carbons (Fsp3) is 0.286. The summed E-state index contributed by atoms with van der Waals surface area (Å²) in [6.45, 7) is 2.78. The minimum Gasteiger partial charge on any atom is -0.379 e. The van der Waals surface area contributed by atoms with Crippen LogP contribution in [0.2, 0.25) is 0 Å². The van der Waals surface area contributed by atoms with Crippen LogP contribution in [0.5, 0.6) is 0 Å². The predicted molar refractivity (Wildman–Crippen MR) is 110 cm³/mol. The highest BCUT2D eigenvalue weighted by Crippen LogP contribution is 2.30. The molecule has 0 aromatic heterocycles. The van der Waals surface area contributed by atoms with Crippen molar-refractivity contribution in [2.75, 3.05) is 31.6 Å². The predicted octanol–water partition coefficient (Wildman–Crippen LogP) is 3.69. The Kier molecular flexibility index (Phi) is 6.83. The molecule has 1 aliphatic rings. The largest absolute Gasteiger partial charge is 0.416 e. The molecule has 2 aromatic carbocycles. The normalized spacial score (nSPS) is 15.9. The summed E-state index contributed by atoms with van der Waals surface area (Å²) in [7, 11) is -3.75. The third-order valence-electron chi connectivity index (χ3n) is 4.68. The molecule has 0 radical (unpaired) electrons. The van der Waals surface area contributed by atoms with Crippen molar-refractivity contribution in [3.63, 3.8) is 0 Å². The number of rotatable bonds is 5. The Labute approximate surface area is 178 Å². The molecule has 1 saturated heterocycles. The van der Waals surface area contributed by atoms with Crippen molar-refractivity contribution in [1.29, 1.82) is 0 Å². The van der Waals surface area contributed by atoms with Gasteiger partial charge in [-0.2, -0.15) is 17.5 Å². The third kappa shape index (κ3) is 5.72. The number of nitrogens with one attached hydrogen (secondary N) is 1. The van der Waals surface area contributed by atoms with E-state index >= 15 is 0 Å². The van der Waals surface area contributed by atoms with Crippen molar-refractivity contribution in [2.45, 2.75) is 18.0 Å². The Hall–Kier alpha value is -2.69. The van der Waals surface area contributed by atoms with E-state index in [9.17, 15) is 26.4 Å². The van der Waals surface area contributed by atoms with Gasteiger partial charge in [-0.1, -0.05) is 18.2 Å². The molecule has 3 rings (SSSR count). The van der Waals surface area contributed by atoms with E-state index in [1.165, 1.54) is 28.6 Å². The summed E-state index contributed by atoms with van der Waals surface area (Å²) in [5.41, 5.74) is 0.191. The van der Waals surface area contributed by atoms with E-state index < -0.39 is 27.7 Å². The number of anilines is 1. The van der Waals surface area contributed by atoms with Crippen LogP contribution in [0.1, 0.15) is 16.7 Å². The number of morpholine rings is 1. The smallest absolute Gasteiger partial charge is 0.379 e. The van der Waals surface area contributed by atoms with E-state index in [0.717, 1.165) is 18.2 Å². The van der Waals surface area contributed by atoms with Gasteiger partial charge in [0.15, 0.2) is 0 Å². The van der Waals surface area contributed by atoms with Crippen molar-refractivity contribution in [2.24, 2.45) is 0 Å². The maximum atomic E-state index is 12.9. The minimum absolute atomic E-state index is 0.0778. The second-order valence-corrected chi connectivity index (χ2v) is 8.85. The number of hydrogen-bond acceptors (Lipinski definition) is 4. The van der Waals surface area contributed by atoms with Crippen LogP contribution in [0, 0.1) is 6.92 Å². The fourth-order valence-electron chi connectivity index (χ4n) is 3.06. The number of carbonyl (C=O) groups is 1. The van der Waals surface area contributed by atoms with Gasteiger partial charge in [0.05, 0.1) is 23.7 Å². The van der Waals surface area contributed by atoms with Gasteiger partial charge < -0.3 is 10.1 Å². The maximum absolute atomic E-state index is 12.9. The summed E-state index contributed by atoms with van der Waals surface area (Å²) < 4.78 is 70.7. The highest BCUT2D eigenvalue weighted by Gasteiger charge is 2.30. The van der Waals surface area contributed by atoms with Crippen LogP contribution < -0.4 is 5.32 Å². The van der Waals surface area contributed by atoms with Crippen molar-refractivity contribution in [3.8, 4) is 0 Å².